The largest absolute Gasteiger partial charge is 0.298 e. The summed E-state index contributed by atoms with van der Waals surface area (Å²) in [5.74, 6) is 1.95. The van der Waals surface area contributed by atoms with Gasteiger partial charge in [0, 0.05) is 29.1 Å². The maximum Gasteiger partial charge on any atom is 0.0379 e. The predicted octanol–water partition coefficient (Wildman–Crippen LogP) is 3.48. The number of hydrogen-bond acceptors (Lipinski definition) is 2. The molecule has 3 heteroatoms. The number of alkyl halides is 1. The number of hydrogen-bond donors (Lipinski definition) is 0. The maximum atomic E-state index is 5.95. The number of thioether (sulfide) groups is 1. The van der Waals surface area contributed by atoms with Crippen LogP contribution < -0.4 is 0 Å². The fourth-order valence-corrected chi connectivity index (χ4v) is 3.42. The zero-order valence-electron chi connectivity index (χ0n) is 9.44. The van der Waals surface area contributed by atoms with Crippen molar-refractivity contribution in [2.24, 2.45) is 0 Å². The van der Waals surface area contributed by atoms with Crippen LogP contribution in [0.15, 0.2) is 35.2 Å². The summed E-state index contributed by atoms with van der Waals surface area (Å²) in [6.45, 7) is 2.39. The Kier molecular flexibility index (Phi) is 5.01. The summed E-state index contributed by atoms with van der Waals surface area (Å²) in [7, 11) is 0. The predicted molar refractivity (Wildman–Crippen MR) is 72.5 cm³/mol. The van der Waals surface area contributed by atoms with E-state index in [-0.39, 0.29) is 0 Å². The van der Waals surface area contributed by atoms with E-state index in [1.54, 1.807) is 0 Å². The summed E-state index contributed by atoms with van der Waals surface area (Å²) >= 11 is 7.89. The molecule has 16 heavy (non-hydrogen) atoms. The van der Waals surface area contributed by atoms with Gasteiger partial charge in [-0.1, -0.05) is 18.2 Å². The minimum absolute atomic E-state index is 0.623. The molecule has 0 bridgehead atoms. The van der Waals surface area contributed by atoms with Crippen LogP contribution >= 0.6 is 23.4 Å². The van der Waals surface area contributed by atoms with Gasteiger partial charge in [-0.15, -0.1) is 23.4 Å². The first-order valence-corrected chi connectivity index (χ1v) is 7.40. The number of likely N-dealkylation sites (tertiary alicyclic amines) is 1. The molecule has 1 aromatic carbocycles. The molecule has 0 aromatic heterocycles. The Hall–Kier alpha value is -0.180. The van der Waals surface area contributed by atoms with Gasteiger partial charge < -0.3 is 0 Å². The lowest BCUT2D eigenvalue weighted by atomic mass is 10.2. The topological polar surface area (TPSA) is 3.24 Å². The fraction of sp³-hybridized carbons (Fsp3) is 0.538. The van der Waals surface area contributed by atoms with Crippen molar-refractivity contribution in [1.29, 1.82) is 0 Å². The number of benzene rings is 1. The quantitative estimate of drug-likeness (QED) is 0.585. The first-order chi connectivity index (χ1) is 7.90. The van der Waals surface area contributed by atoms with E-state index in [0.29, 0.717) is 6.04 Å². The third kappa shape index (κ3) is 3.41. The van der Waals surface area contributed by atoms with E-state index in [9.17, 15) is 0 Å². The Labute approximate surface area is 107 Å². The van der Waals surface area contributed by atoms with Gasteiger partial charge in [0.15, 0.2) is 0 Å². The van der Waals surface area contributed by atoms with Crippen LogP contribution in [0.25, 0.3) is 0 Å². The Bertz CT molecular complexity index is 304. The zero-order chi connectivity index (χ0) is 11.2. The van der Waals surface area contributed by atoms with E-state index in [1.165, 1.54) is 24.3 Å². The first kappa shape index (κ1) is 12.3. The van der Waals surface area contributed by atoms with Crippen molar-refractivity contribution in [2.45, 2.75) is 23.8 Å². The summed E-state index contributed by atoms with van der Waals surface area (Å²) in [6, 6.07) is 11.2. The molecule has 1 aliphatic rings. The van der Waals surface area contributed by atoms with Gasteiger partial charge in [-0.3, -0.25) is 4.90 Å². The van der Waals surface area contributed by atoms with Gasteiger partial charge in [-0.25, -0.2) is 0 Å². The van der Waals surface area contributed by atoms with Gasteiger partial charge in [0.05, 0.1) is 0 Å². The second kappa shape index (κ2) is 6.53. The van der Waals surface area contributed by atoms with Crippen LogP contribution in [0, 0.1) is 0 Å². The third-order valence-electron chi connectivity index (χ3n) is 3.07. The van der Waals surface area contributed by atoms with Gasteiger partial charge in [-0.2, -0.15) is 0 Å². The highest BCUT2D eigenvalue weighted by Crippen LogP contribution is 2.21. The van der Waals surface area contributed by atoms with Gasteiger partial charge in [0.25, 0.3) is 0 Å². The molecule has 88 valence electrons. The van der Waals surface area contributed by atoms with Crippen molar-refractivity contribution >= 4 is 23.4 Å². The molecule has 1 saturated heterocycles. The molecule has 1 fully saturated rings. The van der Waals surface area contributed by atoms with Crippen molar-refractivity contribution in [1.82, 2.24) is 4.90 Å². The Morgan fingerprint density at radius 2 is 2.12 bits per heavy atom. The van der Waals surface area contributed by atoms with Crippen molar-refractivity contribution in [3.63, 3.8) is 0 Å². The highest BCUT2D eigenvalue weighted by atomic mass is 35.5. The van der Waals surface area contributed by atoms with E-state index < -0.39 is 0 Å². The molecule has 0 saturated carbocycles. The van der Waals surface area contributed by atoms with Crippen molar-refractivity contribution < 1.29 is 0 Å². The van der Waals surface area contributed by atoms with Crippen molar-refractivity contribution in [3.8, 4) is 0 Å². The molecule has 0 radical (unpaired) electrons. The average Bonchev–Trinajstić information content (AvgIpc) is 2.78. The van der Waals surface area contributed by atoms with Gasteiger partial charge in [-0.05, 0) is 31.5 Å². The molecule has 1 nitrogen and oxygen atoms in total. The molecule has 1 aliphatic heterocycles. The minimum atomic E-state index is 0.623. The lowest BCUT2D eigenvalue weighted by Gasteiger charge is -2.21. The molecular formula is C13H18ClNS. The van der Waals surface area contributed by atoms with Gasteiger partial charge >= 0.3 is 0 Å². The molecule has 0 aliphatic carbocycles. The highest BCUT2D eigenvalue weighted by Gasteiger charge is 2.22. The zero-order valence-corrected chi connectivity index (χ0v) is 11.0. The summed E-state index contributed by atoms with van der Waals surface area (Å²) in [4.78, 5) is 3.90. The number of nitrogens with zero attached hydrogens (tertiary/aromatic N) is 1. The normalized spacial score (nSPS) is 21.4. The second-order valence-electron chi connectivity index (χ2n) is 4.15. The van der Waals surface area contributed by atoms with Crippen LogP contribution in [0.4, 0.5) is 0 Å². The highest BCUT2D eigenvalue weighted by molar-refractivity contribution is 7.99. The summed E-state index contributed by atoms with van der Waals surface area (Å²) in [5.41, 5.74) is 0. The summed E-state index contributed by atoms with van der Waals surface area (Å²) in [5, 5.41) is 0. The second-order valence-corrected chi connectivity index (χ2v) is 5.62. The lowest BCUT2D eigenvalue weighted by molar-refractivity contribution is 0.289. The van der Waals surface area contributed by atoms with E-state index >= 15 is 0 Å². The third-order valence-corrected chi connectivity index (χ3v) is 4.42. The van der Waals surface area contributed by atoms with E-state index in [2.05, 4.69) is 35.2 Å². The van der Waals surface area contributed by atoms with Crippen LogP contribution in [-0.4, -0.2) is 35.7 Å². The van der Waals surface area contributed by atoms with Crippen molar-refractivity contribution in [2.75, 3.05) is 24.7 Å². The SMILES string of the molecule is ClCC1CCCN1CCSc1ccccc1. The van der Waals surface area contributed by atoms with E-state index in [4.69, 9.17) is 11.6 Å². The number of rotatable bonds is 5. The van der Waals surface area contributed by atoms with Crippen LogP contribution in [0.2, 0.25) is 0 Å². The Morgan fingerprint density at radius 3 is 2.88 bits per heavy atom. The Balaban J connectivity index is 1.72. The Morgan fingerprint density at radius 1 is 1.31 bits per heavy atom. The smallest absolute Gasteiger partial charge is 0.0379 e. The molecule has 0 spiro atoms. The number of halogens is 1. The standard InChI is InChI=1S/C13H18ClNS/c14-11-12-5-4-8-15(12)9-10-16-13-6-2-1-3-7-13/h1-3,6-7,12H,4-5,8-11H2. The van der Waals surface area contributed by atoms with Gasteiger partial charge in [0.2, 0.25) is 0 Å². The fourth-order valence-electron chi connectivity index (χ4n) is 2.16. The van der Waals surface area contributed by atoms with Crippen LogP contribution in [0.5, 0.6) is 0 Å². The molecule has 1 heterocycles. The van der Waals surface area contributed by atoms with Crippen LogP contribution in [0.1, 0.15) is 12.8 Å². The maximum absolute atomic E-state index is 5.95. The molecule has 1 atom stereocenters. The molecule has 1 unspecified atom stereocenters. The van der Waals surface area contributed by atoms with Gasteiger partial charge in [0.1, 0.15) is 0 Å². The summed E-state index contributed by atoms with van der Waals surface area (Å²) < 4.78 is 0. The molecule has 0 amide bonds. The molecule has 2 rings (SSSR count). The van der Waals surface area contributed by atoms with Crippen molar-refractivity contribution in [3.05, 3.63) is 30.3 Å². The minimum Gasteiger partial charge on any atom is -0.298 e. The molecule has 0 N–H and O–H groups in total. The average molecular weight is 256 g/mol. The van der Waals surface area contributed by atoms with E-state index in [1.807, 2.05) is 11.8 Å². The monoisotopic (exact) mass is 255 g/mol. The van der Waals surface area contributed by atoms with Crippen LogP contribution in [0.3, 0.4) is 0 Å². The lowest BCUT2D eigenvalue weighted by Crippen LogP contribution is -2.32. The van der Waals surface area contributed by atoms with Crippen LogP contribution in [-0.2, 0) is 0 Å². The molecular weight excluding hydrogens is 238 g/mol. The van der Waals surface area contributed by atoms with E-state index in [0.717, 1.165) is 18.2 Å². The molecule has 1 aromatic rings. The first-order valence-electron chi connectivity index (χ1n) is 5.88. The summed E-state index contributed by atoms with van der Waals surface area (Å²) in [6.07, 6.45) is 2.59.